The lowest BCUT2D eigenvalue weighted by molar-refractivity contribution is 0.578. The van der Waals surface area contributed by atoms with Crippen molar-refractivity contribution in [3.8, 4) is 0 Å². The summed E-state index contributed by atoms with van der Waals surface area (Å²) in [4.78, 5) is 2.31. The Morgan fingerprint density at radius 3 is 2.47 bits per heavy atom. The molecule has 2 rings (SSSR count). The SMILES string of the molecule is Cc1cc(N)c(N2CCCCC2)c(Cl)c1. The molecule has 15 heavy (non-hydrogen) atoms. The minimum atomic E-state index is 0.786. The minimum absolute atomic E-state index is 0.786. The van der Waals surface area contributed by atoms with Gasteiger partial charge >= 0.3 is 0 Å². The Morgan fingerprint density at radius 1 is 1.20 bits per heavy atom. The van der Waals surface area contributed by atoms with Crippen molar-refractivity contribution in [1.82, 2.24) is 0 Å². The molecule has 82 valence electrons. The molecule has 0 aromatic heterocycles. The van der Waals surface area contributed by atoms with Gasteiger partial charge in [0.15, 0.2) is 0 Å². The average Bonchev–Trinajstić information content (AvgIpc) is 2.17. The third-order valence-electron chi connectivity index (χ3n) is 2.91. The van der Waals surface area contributed by atoms with Crippen LogP contribution in [-0.2, 0) is 0 Å². The number of rotatable bonds is 1. The van der Waals surface area contributed by atoms with E-state index in [-0.39, 0.29) is 0 Å². The van der Waals surface area contributed by atoms with Crippen molar-refractivity contribution in [2.75, 3.05) is 23.7 Å². The van der Waals surface area contributed by atoms with Gasteiger partial charge < -0.3 is 10.6 Å². The van der Waals surface area contributed by atoms with Crippen LogP contribution in [0.2, 0.25) is 5.02 Å². The first-order valence-electron chi connectivity index (χ1n) is 5.49. The molecule has 0 unspecified atom stereocenters. The van der Waals surface area contributed by atoms with Gasteiger partial charge in [-0.05, 0) is 43.9 Å². The van der Waals surface area contributed by atoms with Crippen LogP contribution in [-0.4, -0.2) is 13.1 Å². The van der Waals surface area contributed by atoms with Crippen molar-refractivity contribution in [3.63, 3.8) is 0 Å². The number of hydrogen-bond donors (Lipinski definition) is 1. The molecule has 0 radical (unpaired) electrons. The quantitative estimate of drug-likeness (QED) is 0.743. The summed E-state index contributed by atoms with van der Waals surface area (Å²) < 4.78 is 0. The van der Waals surface area contributed by atoms with E-state index >= 15 is 0 Å². The number of aryl methyl sites for hydroxylation is 1. The van der Waals surface area contributed by atoms with E-state index < -0.39 is 0 Å². The molecule has 2 N–H and O–H groups in total. The van der Waals surface area contributed by atoms with Gasteiger partial charge in [0.1, 0.15) is 0 Å². The number of anilines is 2. The van der Waals surface area contributed by atoms with E-state index in [2.05, 4.69) is 4.90 Å². The highest BCUT2D eigenvalue weighted by atomic mass is 35.5. The Bertz CT molecular complexity index is 334. The Hall–Kier alpha value is -0.890. The Kier molecular flexibility index (Phi) is 3.06. The van der Waals surface area contributed by atoms with E-state index in [1.165, 1.54) is 19.3 Å². The van der Waals surface area contributed by atoms with Crippen LogP contribution in [0, 0.1) is 6.92 Å². The number of nitrogens with zero attached hydrogens (tertiary/aromatic N) is 1. The van der Waals surface area contributed by atoms with Gasteiger partial charge in [-0.25, -0.2) is 0 Å². The predicted octanol–water partition coefficient (Wildman–Crippen LogP) is 3.22. The normalized spacial score (nSPS) is 16.8. The van der Waals surface area contributed by atoms with Crippen LogP contribution in [0.5, 0.6) is 0 Å². The van der Waals surface area contributed by atoms with E-state index in [9.17, 15) is 0 Å². The zero-order valence-electron chi connectivity index (χ0n) is 9.09. The van der Waals surface area contributed by atoms with Crippen LogP contribution >= 0.6 is 11.6 Å². The summed E-state index contributed by atoms with van der Waals surface area (Å²) in [5, 5.41) is 0.786. The number of hydrogen-bond acceptors (Lipinski definition) is 2. The lowest BCUT2D eigenvalue weighted by Gasteiger charge is -2.30. The Morgan fingerprint density at radius 2 is 1.87 bits per heavy atom. The molecular formula is C12H17ClN2. The molecule has 0 spiro atoms. The summed E-state index contributed by atoms with van der Waals surface area (Å²) in [6.07, 6.45) is 3.80. The molecule has 3 heteroatoms. The van der Waals surface area contributed by atoms with Crippen molar-refractivity contribution in [1.29, 1.82) is 0 Å². The highest BCUT2D eigenvalue weighted by Gasteiger charge is 2.16. The highest BCUT2D eigenvalue weighted by Crippen LogP contribution is 2.34. The number of nitrogens with two attached hydrogens (primary N) is 1. The van der Waals surface area contributed by atoms with Crippen molar-refractivity contribution in [2.45, 2.75) is 26.2 Å². The van der Waals surface area contributed by atoms with Gasteiger partial charge in [0.05, 0.1) is 16.4 Å². The van der Waals surface area contributed by atoms with Gasteiger partial charge in [-0.3, -0.25) is 0 Å². The molecule has 1 aliphatic rings. The second-order valence-electron chi connectivity index (χ2n) is 4.23. The van der Waals surface area contributed by atoms with Gasteiger partial charge in [0, 0.05) is 13.1 Å². The van der Waals surface area contributed by atoms with Crippen LogP contribution in [0.15, 0.2) is 12.1 Å². The molecule has 1 aromatic carbocycles. The van der Waals surface area contributed by atoms with Crippen molar-refractivity contribution in [2.24, 2.45) is 0 Å². The standard InChI is InChI=1S/C12H17ClN2/c1-9-7-10(13)12(11(14)8-9)15-5-3-2-4-6-15/h7-8H,2-6,14H2,1H3. The Balaban J connectivity index is 2.33. The molecule has 0 aliphatic carbocycles. The third kappa shape index (κ3) is 2.20. The molecule has 1 saturated heterocycles. The molecule has 1 heterocycles. The fraction of sp³-hybridized carbons (Fsp3) is 0.500. The lowest BCUT2D eigenvalue weighted by atomic mass is 10.1. The molecule has 1 aliphatic heterocycles. The second-order valence-corrected chi connectivity index (χ2v) is 4.64. The van der Waals surface area contributed by atoms with E-state index in [1.807, 2.05) is 19.1 Å². The first-order valence-corrected chi connectivity index (χ1v) is 5.87. The summed E-state index contributed by atoms with van der Waals surface area (Å²) >= 11 is 6.25. The fourth-order valence-electron chi connectivity index (χ4n) is 2.21. The lowest BCUT2D eigenvalue weighted by Crippen LogP contribution is -2.30. The fourth-order valence-corrected chi connectivity index (χ4v) is 2.61. The van der Waals surface area contributed by atoms with Crippen molar-refractivity contribution < 1.29 is 0 Å². The van der Waals surface area contributed by atoms with Gasteiger partial charge in [0.2, 0.25) is 0 Å². The molecule has 1 fully saturated rings. The smallest absolute Gasteiger partial charge is 0.0789 e. The summed E-state index contributed by atoms with van der Waals surface area (Å²) in [5.74, 6) is 0. The van der Waals surface area contributed by atoms with Gasteiger partial charge in [0.25, 0.3) is 0 Å². The molecule has 0 amide bonds. The number of piperidine rings is 1. The number of halogens is 1. The Labute approximate surface area is 96.0 Å². The minimum Gasteiger partial charge on any atom is -0.397 e. The molecule has 0 atom stereocenters. The maximum Gasteiger partial charge on any atom is 0.0789 e. The summed E-state index contributed by atoms with van der Waals surface area (Å²) in [6, 6.07) is 3.98. The van der Waals surface area contributed by atoms with E-state index in [1.54, 1.807) is 0 Å². The predicted molar refractivity (Wildman–Crippen MR) is 66.7 cm³/mol. The number of benzene rings is 1. The molecule has 0 saturated carbocycles. The van der Waals surface area contributed by atoms with E-state index in [0.717, 1.165) is 35.1 Å². The summed E-state index contributed by atoms with van der Waals surface area (Å²) in [6.45, 7) is 4.17. The van der Waals surface area contributed by atoms with Crippen LogP contribution in [0.4, 0.5) is 11.4 Å². The zero-order chi connectivity index (χ0) is 10.8. The van der Waals surface area contributed by atoms with E-state index in [4.69, 9.17) is 17.3 Å². The van der Waals surface area contributed by atoms with Gasteiger partial charge in [-0.1, -0.05) is 11.6 Å². The number of nitrogen functional groups attached to an aromatic ring is 1. The van der Waals surface area contributed by atoms with E-state index in [0.29, 0.717) is 0 Å². The summed E-state index contributed by atoms with van der Waals surface area (Å²) in [5.41, 5.74) is 8.99. The maximum absolute atomic E-state index is 6.25. The average molecular weight is 225 g/mol. The van der Waals surface area contributed by atoms with Crippen LogP contribution in [0.25, 0.3) is 0 Å². The second kappa shape index (κ2) is 4.31. The van der Waals surface area contributed by atoms with Crippen molar-refractivity contribution >= 4 is 23.0 Å². The van der Waals surface area contributed by atoms with Crippen LogP contribution in [0.3, 0.4) is 0 Å². The molecule has 1 aromatic rings. The molecule has 2 nitrogen and oxygen atoms in total. The van der Waals surface area contributed by atoms with Crippen LogP contribution < -0.4 is 10.6 Å². The topological polar surface area (TPSA) is 29.3 Å². The highest BCUT2D eigenvalue weighted by molar-refractivity contribution is 6.34. The monoisotopic (exact) mass is 224 g/mol. The molecular weight excluding hydrogens is 208 g/mol. The van der Waals surface area contributed by atoms with Gasteiger partial charge in [-0.15, -0.1) is 0 Å². The first kappa shape index (κ1) is 10.6. The van der Waals surface area contributed by atoms with Crippen molar-refractivity contribution in [3.05, 3.63) is 22.7 Å². The maximum atomic E-state index is 6.25. The van der Waals surface area contributed by atoms with Crippen LogP contribution in [0.1, 0.15) is 24.8 Å². The van der Waals surface area contributed by atoms with Gasteiger partial charge in [-0.2, -0.15) is 0 Å². The first-order chi connectivity index (χ1) is 7.18. The third-order valence-corrected chi connectivity index (χ3v) is 3.20. The largest absolute Gasteiger partial charge is 0.397 e. The summed E-state index contributed by atoms with van der Waals surface area (Å²) in [7, 11) is 0. The zero-order valence-corrected chi connectivity index (χ0v) is 9.85. The molecule has 0 bridgehead atoms.